The third-order valence-electron chi connectivity index (χ3n) is 9.55. The van der Waals surface area contributed by atoms with Crippen LogP contribution in [0.15, 0.2) is 73.1 Å². The smallest absolute Gasteiger partial charge is 0.348 e. The molecule has 2 aromatic carbocycles. The van der Waals surface area contributed by atoms with Gasteiger partial charge in [0, 0.05) is 30.0 Å². The highest BCUT2D eigenvalue weighted by molar-refractivity contribution is 7.13. The van der Waals surface area contributed by atoms with E-state index in [1.54, 1.807) is 62.0 Å². The highest BCUT2D eigenvalue weighted by Gasteiger charge is 2.45. The minimum absolute atomic E-state index is 0. The standard InChI is InChI=1S/C37H39Cl2N3O7S.H2O/c1-46-30-10-8-24(16-32(30)47-2)31(17-27-28(38)19-40-20-29(27)39)48-35(44)34-11-9-26(50-34)18-41-37(22-43,25-6-4-3-5-7-25)36(45)49-33-21-42-14-12-23(33)13-15-42;/h3-11,16,19-20,23,31,33,41,43H,12-15,17-18,21-22H2,1-2H3;1H2/t31-,33-,37?;/m0./s1. The lowest BCUT2D eigenvalue weighted by molar-refractivity contribution is -0.377. The number of pyridine rings is 1. The van der Waals surface area contributed by atoms with Crippen LogP contribution in [0.25, 0.3) is 0 Å². The summed E-state index contributed by atoms with van der Waals surface area (Å²) in [6.45, 7) is 2.42. The van der Waals surface area contributed by atoms with Crippen LogP contribution >= 0.6 is 34.5 Å². The third kappa shape index (κ3) is 8.49. The number of nitrogens with zero attached hydrogens (tertiary/aromatic N) is 1. The van der Waals surface area contributed by atoms with Crippen LogP contribution in [-0.4, -0.2) is 74.0 Å². The molecule has 0 saturated carbocycles. The van der Waals surface area contributed by atoms with Gasteiger partial charge in [-0.15, -0.1) is 11.3 Å². The highest BCUT2D eigenvalue weighted by Crippen LogP contribution is 2.36. The summed E-state index contributed by atoms with van der Waals surface area (Å²) in [5, 5.41) is 14.9. The largest absolute Gasteiger partial charge is 0.870 e. The van der Waals surface area contributed by atoms with Crippen molar-refractivity contribution in [1.29, 1.82) is 0 Å². The first kappa shape index (κ1) is 38.5. The molecular weight excluding hydrogens is 717 g/mol. The molecule has 4 aromatic rings. The fraction of sp³-hybridized carbons (Fsp3) is 0.378. The number of hydrogen-bond donors (Lipinski definition) is 2. The molecule has 0 aliphatic carbocycles. The van der Waals surface area contributed by atoms with Crippen molar-refractivity contribution in [2.24, 2.45) is 5.92 Å². The predicted octanol–water partition coefficient (Wildman–Crippen LogP) is 5.47. The Morgan fingerprint density at radius 3 is 2.35 bits per heavy atom. The fourth-order valence-corrected chi connectivity index (χ4v) is 8.02. The number of aromatic amines is 1. The summed E-state index contributed by atoms with van der Waals surface area (Å²) in [4.78, 5) is 33.9. The Morgan fingerprint density at radius 1 is 1.02 bits per heavy atom. The van der Waals surface area contributed by atoms with Gasteiger partial charge in [0.2, 0.25) is 0 Å². The van der Waals surface area contributed by atoms with E-state index in [0.29, 0.717) is 55.6 Å². The second-order valence-corrected chi connectivity index (χ2v) is 14.5. The van der Waals surface area contributed by atoms with Crippen LogP contribution in [0.4, 0.5) is 0 Å². The van der Waals surface area contributed by atoms with Crippen molar-refractivity contribution in [1.82, 2.24) is 10.2 Å². The van der Waals surface area contributed by atoms with Gasteiger partial charge in [0.05, 0.1) is 20.8 Å². The van der Waals surface area contributed by atoms with Crippen molar-refractivity contribution >= 4 is 46.5 Å². The number of thiophene rings is 1. The van der Waals surface area contributed by atoms with Crippen LogP contribution in [0.2, 0.25) is 10.0 Å². The number of esters is 2. The topological polar surface area (TPSA) is 151 Å². The zero-order chi connectivity index (χ0) is 35.3. The van der Waals surface area contributed by atoms with E-state index in [0.717, 1.165) is 30.8 Å². The molecule has 7 rings (SSSR count). The average molecular weight is 759 g/mol. The van der Waals surface area contributed by atoms with E-state index in [4.69, 9.17) is 42.1 Å². The first-order chi connectivity index (χ1) is 24.2. The maximum atomic E-state index is 13.9. The Labute approximate surface area is 310 Å². The van der Waals surface area contributed by atoms with E-state index in [1.165, 1.54) is 18.4 Å². The molecular formula is C37H41Cl2N3O8S. The Kier molecular flexibility index (Phi) is 13.0. The number of nitrogens with one attached hydrogen (secondary N) is 2. The van der Waals surface area contributed by atoms with Crippen molar-refractivity contribution in [3.8, 4) is 11.5 Å². The lowest BCUT2D eigenvalue weighted by Gasteiger charge is -2.45. The molecule has 11 nitrogen and oxygen atoms in total. The van der Waals surface area contributed by atoms with Crippen LogP contribution < -0.4 is 19.8 Å². The summed E-state index contributed by atoms with van der Waals surface area (Å²) >= 11 is 14.2. The van der Waals surface area contributed by atoms with Crippen molar-refractivity contribution in [3.63, 3.8) is 0 Å². The molecule has 4 N–H and O–H groups in total. The molecule has 5 heterocycles. The van der Waals surface area contributed by atoms with E-state index in [1.807, 2.05) is 18.2 Å². The molecule has 3 fully saturated rings. The molecule has 1 unspecified atom stereocenters. The molecule has 3 aliphatic rings. The second kappa shape index (κ2) is 17.2. The number of ether oxygens (including phenoxy) is 4. The lowest BCUT2D eigenvalue weighted by Crippen LogP contribution is -2.57. The van der Waals surface area contributed by atoms with Crippen LogP contribution in [0, 0.1) is 5.92 Å². The summed E-state index contributed by atoms with van der Waals surface area (Å²) in [7, 11) is 3.08. The normalized spacial score (nSPS) is 19.7. The fourth-order valence-electron chi connectivity index (χ4n) is 6.65. The number of hydrogen-bond acceptors (Lipinski definition) is 11. The van der Waals surface area contributed by atoms with Crippen molar-refractivity contribution in [3.05, 3.63) is 110 Å². The van der Waals surface area contributed by atoms with Crippen LogP contribution in [0.5, 0.6) is 11.5 Å². The number of piperidine rings is 3. The first-order valence-corrected chi connectivity index (χ1v) is 18.0. The lowest BCUT2D eigenvalue weighted by atomic mass is 9.85. The number of aliphatic hydroxyl groups is 1. The molecule has 3 saturated heterocycles. The summed E-state index contributed by atoms with van der Waals surface area (Å²) in [5.74, 6) is 0.261. The number of benzene rings is 2. The number of carbonyl (C=O) groups excluding carboxylic acids is 2. The number of rotatable bonds is 14. The first-order valence-electron chi connectivity index (χ1n) is 16.4. The molecule has 0 radical (unpaired) electrons. The quantitative estimate of drug-likeness (QED) is 0.159. The molecule has 2 bridgehead atoms. The number of aliphatic hydroxyl groups excluding tert-OH is 1. The molecule has 0 spiro atoms. The summed E-state index contributed by atoms with van der Waals surface area (Å²) in [6, 6.07) is 17.9. The number of halogens is 2. The van der Waals surface area contributed by atoms with E-state index in [9.17, 15) is 14.7 Å². The van der Waals surface area contributed by atoms with E-state index in [2.05, 4.69) is 15.2 Å². The molecule has 3 aliphatic heterocycles. The number of H-pyrrole nitrogens is 1. The number of carbonyl (C=O) groups is 2. The zero-order valence-electron chi connectivity index (χ0n) is 28.3. The SMILES string of the molecule is COc1ccc([C@H](Cc2c(Cl)c[nH+]cc2Cl)OC(=O)c2ccc(CNC(CO)(C(=O)O[C@H]3CN4CCC3CC4)c3ccccc3)s2)cc1OC.[OH-]. The van der Waals surface area contributed by atoms with Gasteiger partial charge >= 0.3 is 11.9 Å². The second-order valence-electron chi connectivity index (χ2n) is 12.5. The van der Waals surface area contributed by atoms with Crippen LogP contribution in [0.3, 0.4) is 0 Å². The van der Waals surface area contributed by atoms with Gasteiger partial charge < -0.3 is 29.5 Å². The van der Waals surface area contributed by atoms with E-state index >= 15 is 0 Å². The molecule has 51 heavy (non-hydrogen) atoms. The molecule has 3 atom stereocenters. The van der Waals surface area contributed by atoms with Gasteiger partial charge in [-0.25, -0.2) is 14.6 Å². The summed E-state index contributed by atoms with van der Waals surface area (Å²) in [5.41, 5.74) is 0.370. The molecule has 14 heteroatoms. The Bertz CT molecular complexity index is 1780. The van der Waals surface area contributed by atoms with Gasteiger partial charge in [-0.1, -0.05) is 59.6 Å². The van der Waals surface area contributed by atoms with Gasteiger partial charge in [-0.2, -0.15) is 0 Å². The molecule has 272 valence electrons. The van der Waals surface area contributed by atoms with Gasteiger partial charge in [0.1, 0.15) is 27.1 Å². The minimum atomic E-state index is -1.50. The Hall–Kier alpha value is -3.75. The third-order valence-corrected chi connectivity index (χ3v) is 11.3. The van der Waals surface area contributed by atoms with Gasteiger partial charge in [-0.3, -0.25) is 10.2 Å². The Morgan fingerprint density at radius 2 is 1.73 bits per heavy atom. The summed E-state index contributed by atoms with van der Waals surface area (Å²) in [6.07, 6.45) is 4.42. The van der Waals surface area contributed by atoms with Gasteiger partial charge in [-0.05, 0) is 67.2 Å². The van der Waals surface area contributed by atoms with Gasteiger partial charge in [0.15, 0.2) is 29.4 Å². The van der Waals surface area contributed by atoms with Crippen molar-refractivity contribution < 1.29 is 44.1 Å². The number of aromatic nitrogens is 1. The minimum Gasteiger partial charge on any atom is -0.870 e. The Balaban J connectivity index is 0.00000504. The predicted molar refractivity (Wildman–Crippen MR) is 192 cm³/mol. The maximum absolute atomic E-state index is 13.9. The molecule has 0 amide bonds. The zero-order valence-corrected chi connectivity index (χ0v) is 30.6. The summed E-state index contributed by atoms with van der Waals surface area (Å²) < 4.78 is 23.2. The number of methoxy groups -OCH3 is 2. The monoisotopic (exact) mass is 757 g/mol. The van der Waals surface area contributed by atoms with E-state index in [-0.39, 0.29) is 24.5 Å². The van der Waals surface area contributed by atoms with Crippen molar-refractivity contribution in [2.75, 3.05) is 40.5 Å². The molecule has 2 aromatic heterocycles. The average Bonchev–Trinajstić information content (AvgIpc) is 3.63. The van der Waals surface area contributed by atoms with Crippen LogP contribution in [-0.2, 0) is 32.8 Å². The maximum Gasteiger partial charge on any atom is 0.348 e. The van der Waals surface area contributed by atoms with E-state index < -0.39 is 30.2 Å². The van der Waals surface area contributed by atoms with Gasteiger partial charge in [0.25, 0.3) is 0 Å². The van der Waals surface area contributed by atoms with Crippen molar-refractivity contribution in [2.45, 2.75) is 43.6 Å². The highest BCUT2D eigenvalue weighted by atomic mass is 35.5. The number of fused-ring (bicyclic) bond motifs is 3. The van der Waals surface area contributed by atoms with Crippen LogP contribution in [0.1, 0.15) is 50.2 Å².